The molecule has 0 unspecified atom stereocenters. The molecule has 0 spiro atoms. The minimum Gasteiger partial charge on any atom is -0.467 e. The summed E-state index contributed by atoms with van der Waals surface area (Å²) < 4.78 is 7.74. The maximum Gasteiger partial charge on any atom is 0.293 e. The number of hydrogen-bond donors (Lipinski definition) is 1. The highest BCUT2D eigenvalue weighted by molar-refractivity contribution is 5.75. The summed E-state index contributed by atoms with van der Waals surface area (Å²) in [5.41, 5.74) is 3.83. The molecule has 3 aromatic heterocycles. The van der Waals surface area contributed by atoms with Crippen molar-refractivity contribution in [2.75, 3.05) is 0 Å². The third-order valence-corrected chi connectivity index (χ3v) is 4.49. The maximum atomic E-state index is 12.7. The lowest BCUT2D eigenvalue weighted by Gasteiger charge is -2.05. The summed E-state index contributed by atoms with van der Waals surface area (Å²) >= 11 is 0. The van der Waals surface area contributed by atoms with E-state index in [2.05, 4.69) is 15.5 Å². The zero-order valence-electron chi connectivity index (χ0n) is 15.5. The molecular weight excluding hydrogens is 358 g/mol. The van der Waals surface area contributed by atoms with E-state index in [0.29, 0.717) is 17.0 Å². The molecular formula is C20H19N5O3. The predicted octanol–water partition coefficient (Wildman–Crippen LogP) is 2.08. The average molecular weight is 377 g/mol. The number of carbonyl (C=O) groups is 1. The largest absolute Gasteiger partial charge is 0.467 e. The van der Waals surface area contributed by atoms with Crippen LogP contribution in [0.4, 0.5) is 0 Å². The molecule has 0 aliphatic carbocycles. The van der Waals surface area contributed by atoms with E-state index < -0.39 is 0 Å². The fraction of sp³-hybridized carbons (Fsp3) is 0.200. The Morgan fingerprint density at radius 2 is 2.07 bits per heavy atom. The summed E-state index contributed by atoms with van der Waals surface area (Å²) in [5.74, 6) is 0.308. The van der Waals surface area contributed by atoms with Crippen molar-refractivity contribution in [1.82, 2.24) is 24.7 Å². The first-order valence-electron chi connectivity index (χ1n) is 8.83. The number of amides is 1. The Morgan fingerprint density at radius 3 is 2.86 bits per heavy atom. The van der Waals surface area contributed by atoms with Crippen LogP contribution in [0.25, 0.3) is 16.8 Å². The summed E-state index contributed by atoms with van der Waals surface area (Å²) in [7, 11) is 0. The van der Waals surface area contributed by atoms with Gasteiger partial charge in [-0.1, -0.05) is 17.7 Å². The van der Waals surface area contributed by atoms with Crippen LogP contribution in [-0.2, 0) is 17.9 Å². The van der Waals surface area contributed by atoms with Gasteiger partial charge in [-0.3, -0.25) is 9.59 Å². The van der Waals surface area contributed by atoms with Crippen molar-refractivity contribution in [3.05, 3.63) is 76.2 Å². The van der Waals surface area contributed by atoms with Crippen molar-refractivity contribution < 1.29 is 9.21 Å². The van der Waals surface area contributed by atoms with Gasteiger partial charge < -0.3 is 9.73 Å². The number of aromatic nitrogens is 4. The molecule has 28 heavy (non-hydrogen) atoms. The third kappa shape index (κ3) is 3.44. The number of hydrogen-bond acceptors (Lipinski definition) is 5. The summed E-state index contributed by atoms with van der Waals surface area (Å²) in [6.45, 7) is 4.08. The molecule has 3 heterocycles. The van der Waals surface area contributed by atoms with E-state index in [9.17, 15) is 9.59 Å². The lowest BCUT2D eigenvalue weighted by molar-refractivity contribution is -0.122. The highest BCUT2D eigenvalue weighted by Gasteiger charge is 2.13. The van der Waals surface area contributed by atoms with Gasteiger partial charge in [0.15, 0.2) is 0 Å². The van der Waals surface area contributed by atoms with Crippen LogP contribution in [0.3, 0.4) is 0 Å². The van der Waals surface area contributed by atoms with Crippen LogP contribution in [0.2, 0.25) is 0 Å². The number of nitrogens with one attached hydrogen (secondary N) is 1. The monoisotopic (exact) mass is 377 g/mol. The smallest absolute Gasteiger partial charge is 0.293 e. The number of carbonyl (C=O) groups excluding carboxylic acids is 1. The molecule has 0 atom stereocenters. The Labute approximate surface area is 160 Å². The van der Waals surface area contributed by atoms with Crippen LogP contribution in [0.15, 0.2) is 58.2 Å². The van der Waals surface area contributed by atoms with Gasteiger partial charge in [0.1, 0.15) is 24.1 Å². The minimum atomic E-state index is -0.375. The minimum absolute atomic E-state index is 0.181. The van der Waals surface area contributed by atoms with Gasteiger partial charge in [0.05, 0.1) is 18.5 Å². The quantitative estimate of drug-likeness (QED) is 0.575. The molecule has 1 N–H and O–H groups in total. The molecule has 0 bridgehead atoms. The van der Waals surface area contributed by atoms with Crippen molar-refractivity contribution in [2.45, 2.75) is 26.9 Å². The SMILES string of the molecule is Cc1ccc(C)c(-c2cc3c(=O)n(CC(=O)NCc4ccco4)ncn3n2)c1. The number of rotatable bonds is 5. The van der Waals surface area contributed by atoms with E-state index >= 15 is 0 Å². The number of nitrogens with zero attached hydrogens (tertiary/aromatic N) is 4. The first-order chi connectivity index (χ1) is 13.5. The standard InChI is InChI=1S/C20H19N5O3/c1-13-5-6-14(2)16(8-13)17-9-18-20(27)24(22-12-25(18)23-17)11-19(26)21-10-15-4-3-7-28-15/h3-9,12H,10-11H2,1-2H3,(H,21,26). The maximum absolute atomic E-state index is 12.7. The molecule has 0 aliphatic heterocycles. The van der Waals surface area contributed by atoms with Gasteiger partial charge in [0, 0.05) is 5.56 Å². The Morgan fingerprint density at radius 1 is 1.21 bits per heavy atom. The van der Waals surface area contributed by atoms with Gasteiger partial charge in [-0.15, -0.1) is 0 Å². The molecule has 0 saturated heterocycles. The molecule has 0 fully saturated rings. The Hall–Kier alpha value is -3.68. The summed E-state index contributed by atoms with van der Waals surface area (Å²) in [6, 6.07) is 11.3. The molecule has 1 aromatic carbocycles. The number of benzene rings is 1. The van der Waals surface area contributed by atoms with Crippen LogP contribution < -0.4 is 10.9 Å². The van der Waals surface area contributed by atoms with E-state index in [4.69, 9.17) is 4.42 Å². The number of aryl methyl sites for hydroxylation is 2. The lowest BCUT2D eigenvalue weighted by Crippen LogP contribution is -2.33. The number of fused-ring (bicyclic) bond motifs is 1. The first kappa shape index (κ1) is 17.7. The van der Waals surface area contributed by atoms with Crippen LogP contribution in [0.1, 0.15) is 16.9 Å². The summed E-state index contributed by atoms with van der Waals surface area (Å²) in [4.78, 5) is 24.9. The molecule has 142 valence electrons. The van der Waals surface area contributed by atoms with E-state index in [1.165, 1.54) is 17.1 Å². The third-order valence-electron chi connectivity index (χ3n) is 4.49. The van der Waals surface area contributed by atoms with Crippen molar-refractivity contribution >= 4 is 11.4 Å². The highest BCUT2D eigenvalue weighted by atomic mass is 16.3. The molecule has 0 saturated carbocycles. The average Bonchev–Trinajstić information content (AvgIpc) is 3.34. The molecule has 0 radical (unpaired) electrons. The fourth-order valence-corrected chi connectivity index (χ4v) is 2.98. The fourth-order valence-electron chi connectivity index (χ4n) is 2.98. The van der Waals surface area contributed by atoms with Gasteiger partial charge in [0.2, 0.25) is 5.91 Å². The van der Waals surface area contributed by atoms with Gasteiger partial charge in [-0.2, -0.15) is 10.2 Å². The zero-order chi connectivity index (χ0) is 19.7. The second-order valence-electron chi connectivity index (χ2n) is 6.63. The van der Waals surface area contributed by atoms with Crippen LogP contribution in [0.5, 0.6) is 0 Å². The second-order valence-corrected chi connectivity index (χ2v) is 6.63. The molecule has 8 nitrogen and oxygen atoms in total. The zero-order valence-corrected chi connectivity index (χ0v) is 15.5. The second kappa shape index (κ2) is 7.15. The molecule has 4 aromatic rings. The Kier molecular flexibility index (Phi) is 4.52. The summed E-state index contributed by atoms with van der Waals surface area (Å²) in [6.07, 6.45) is 2.97. The predicted molar refractivity (Wildman–Crippen MR) is 103 cm³/mol. The Bertz CT molecular complexity index is 1200. The van der Waals surface area contributed by atoms with Crippen molar-refractivity contribution in [3.63, 3.8) is 0 Å². The van der Waals surface area contributed by atoms with Crippen LogP contribution in [0, 0.1) is 13.8 Å². The van der Waals surface area contributed by atoms with Gasteiger partial charge in [-0.05, 0) is 43.7 Å². The van der Waals surface area contributed by atoms with Crippen LogP contribution >= 0.6 is 0 Å². The van der Waals surface area contributed by atoms with Gasteiger partial charge in [-0.25, -0.2) is 9.20 Å². The first-order valence-corrected chi connectivity index (χ1v) is 8.83. The highest BCUT2D eigenvalue weighted by Crippen LogP contribution is 2.23. The lowest BCUT2D eigenvalue weighted by atomic mass is 10.0. The Balaban J connectivity index is 1.59. The molecule has 0 aliphatic rings. The topological polar surface area (TPSA) is 94.4 Å². The van der Waals surface area contributed by atoms with Crippen molar-refractivity contribution in [2.24, 2.45) is 0 Å². The molecule has 8 heteroatoms. The van der Waals surface area contributed by atoms with E-state index in [-0.39, 0.29) is 24.6 Å². The van der Waals surface area contributed by atoms with Gasteiger partial charge >= 0.3 is 0 Å². The summed E-state index contributed by atoms with van der Waals surface area (Å²) in [5, 5.41) is 11.2. The number of furan rings is 1. The molecule has 1 amide bonds. The van der Waals surface area contributed by atoms with Crippen molar-refractivity contribution in [1.29, 1.82) is 0 Å². The van der Waals surface area contributed by atoms with Crippen LogP contribution in [-0.4, -0.2) is 25.3 Å². The van der Waals surface area contributed by atoms with E-state index in [0.717, 1.165) is 21.4 Å². The van der Waals surface area contributed by atoms with E-state index in [1.807, 2.05) is 32.0 Å². The van der Waals surface area contributed by atoms with Crippen molar-refractivity contribution in [3.8, 4) is 11.3 Å². The van der Waals surface area contributed by atoms with Gasteiger partial charge in [0.25, 0.3) is 5.56 Å². The van der Waals surface area contributed by atoms with E-state index in [1.54, 1.807) is 18.2 Å². The normalized spacial score (nSPS) is 11.1. The molecule has 4 rings (SSSR count).